The van der Waals surface area contributed by atoms with E-state index in [1.807, 2.05) is 6.07 Å². The van der Waals surface area contributed by atoms with Crippen molar-refractivity contribution >= 4 is 33.0 Å². The second kappa shape index (κ2) is 8.05. The molecule has 1 aliphatic rings. The first kappa shape index (κ1) is 20.5. The van der Waals surface area contributed by atoms with Crippen LogP contribution in [0.3, 0.4) is 0 Å². The number of benzene rings is 1. The molecule has 2 amide bonds. The largest absolute Gasteiger partial charge is 0.279 e. The second-order valence-corrected chi connectivity index (χ2v) is 11.1. The van der Waals surface area contributed by atoms with Gasteiger partial charge in [-0.3, -0.25) is 20.4 Å². The smallest absolute Gasteiger partial charge is 0.267 e. The van der Waals surface area contributed by atoms with Crippen molar-refractivity contribution in [2.24, 2.45) is 5.92 Å². The van der Waals surface area contributed by atoms with Crippen LogP contribution in [0.2, 0.25) is 0 Å². The third kappa shape index (κ3) is 4.28. The maximum Gasteiger partial charge on any atom is 0.279 e. The molecule has 1 atom stereocenters. The van der Waals surface area contributed by atoms with Crippen LogP contribution in [0, 0.1) is 5.92 Å². The Kier molecular flexibility index (Phi) is 5.90. The van der Waals surface area contributed by atoms with Crippen molar-refractivity contribution in [3.63, 3.8) is 0 Å². The molecule has 1 heterocycles. The molecule has 2 aromatic rings. The Bertz CT molecular complexity index is 992. The second-order valence-electron chi connectivity index (χ2n) is 7.43. The summed E-state index contributed by atoms with van der Waals surface area (Å²) < 4.78 is 24.3. The van der Waals surface area contributed by atoms with Gasteiger partial charge < -0.3 is 0 Å². The summed E-state index contributed by atoms with van der Waals surface area (Å²) in [5.74, 6) is -0.226. The van der Waals surface area contributed by atoms with Gasteiger partial charge in [0.05, 0.1) is 15.0 Å². The highest BCUT2D eigenvalue weighted by atomic mass is 32.2. The molecule has 1 aromatic carbocycles. The van der Waals surface area contributed by atoms with Crippen LogP contribution in [-0.2, 0) is 22.7 Å². The lowest BCUT2D eigenvalue weighted by Gasteiger charge is -2.16. The van der Waals surface area contributed by atoms with Gasteiger partial charge in [0.1, 0.15) is 0 Å². The molecule has 0 bridgehead atoms. The average molecular weight is 421 g/mol. The van der Waals surface area contributed by atoms with Crippen LogP contribution in [0.1, 0.15) is 57.7 Å². The number of hydrogen-bond acceptors (Lipinski definition) is 5. The van der Waals surface area contributed by atoms with Crippen LogP contribution in [0.5, 0.6) is 0 Å². The number of hydrazine groups is 1. The van der Waals surface area contributed by atoms with Crippen molar-refractivity contribution in [2.75, 3.05) is 0 Å². The quantitative estimate of drug-likeness (QED) is 0.744. The molecule has 1 unspecified atom stereocenters. The van der Waals surface area contributed by atoms with E-state index in [2.05, 4.69) is 17.8 Å². The first-order valence-electron chi connectivity index (χ1n) is 9.24. The molecule has 0 saturated carbocycles. The molecule has 3 rings (SSSR count). The molecule has 6 nitrogen and oxygen atoms in total. The van der Waals surface area contributed by atoms with E-state index in [0.29, 0.717) is 10.8 Å². The van der Waals surface area contributed by atoms with Crippen molar-refractivity contribution in [1.29, 1.82) is 0 Å². The van der Waals surface area contributed by atoms with Gasteiger partial charge in [-0.1, -0.05) is 6.92 Å². The number of aryl methyl sites for hydroxylation is 1. The minimum absolute atomic E-state index is 0.168. The number of sulfone groups is 1. The van der Waals surface area contributed by atoms with Gasteiger partial charge in [0.2, 0.25) is 0 Å². The van der Waals surface area contributed by atoms with E-state index in [9.17, 15) is 18.0 Å². The summed E-state index contributed by atoms with van der Waals surface area (Å²) in [7, 11) is -3.39. The average Bonchev–Trinajstić information content (AvgIpc) is 3.09. The predicted octanol–water partition coefficient (Wildman–Crippen LogP) is 3.13. The molecule has 2 N–H and O–H groups in total. The predicted molar refractivity (Wildman–Crippen MR) is 109 cm³/mol. The summed E-state index contributed by atoms with van der Waals surface area (Å²) in [6.45, 7) is 5.42. The SMILES string of the molecule is CC1CCc2sc(C(=O)NNC(=O)c3ccc(S(=O)(=O)C(C)C)cc3)cc2C1. The van der Waals surface area contributed by atoms with E-state index >= 15 is 0 Å². The normalized spacial score (nSPS) is 16.5. The maximum absolute atomic E-state index is 12.3. The molecule has 1 aliphatic carbocycles. The van der Waals surface area contributed by atoms with E-state index < -0.39 is 21.0 Å². The van der Waals surface area contributed by atoms with E-state index in [1.165, 1.54) is 46.0 Å². The van der Waals surface area contributed by atoms with Gasteiger partial charge in [0.15, 0.2) is 9.84 Å². The maximum atomic E-state index is 12.3. The highest BCUT2D eigenvalue weighted by Crippen LogP contribution is 2.32. The summed E-state index contributed by atoms with van der Waals surface area (Å²) in [6, 6.07) is 7.58. The van der Waals surface area contributed by atoms with Gasteiger partial charge in [-0.2, -0.15) is 0 Å². The van der Waals surface area contributed by atoms with Crippen LogP contribution < -0.4 is 10.9 Å². The molecular formula is C20H24N2O4S2. The molecule has 150 valence electrons. The standard InChI is InChI=1S/C20H24N2O4S2/c1-12(2)28(25,26)16-7-5-14(6-8-16)19(23)21-22-20(24)18-11-15-10-13(3)4-9-17(15)27-18/h5-8,11-13H,4,9-10H2,1-3H3,(H,21,23)(H,22,24). The van der Waals surface area contributed by atoms with E-state index in [-0.39, 0.29) is 16.4 Å². The summed E-state index contributed by atoms with van der Waals surface area (Å²) in [6.07, 6.45) is 3.11. The molecule has 28 heavy (non-hydrogen) atoms. The fourth-order valence-electron chi connectivity index (χ4n) is 3.13. The van der Waals surface area contributed by atoms with Gasteiger partial charge in [-0.25, -0.2) is 8.42 Å². The zero-order chi connectivity index (χ0) is 20.5. The van der Waals surface area contributed by atoms with Gasteiger partial charge in [-0.15, -0.1) is 11.3 Å². The number of hydrogen-bond donors (Lipinski definition) is 2. The lowest BCUT2D eigenvalue weighted by atomic mass is 9.90. The highest BCUT2D eigenvalue weighted by molar-refractivity contribution is 7.92. The van der Waals surface area contributed by atoms with Gasteiger partial charge in [0.25, 0.3) is 11.8 Å². The first-order valence-corrected chi connectivity index (χ1v) is 11.6. The van der Waals surface area contributed by atoms with Crippen molar-refractivity contribution in [1.82, 2.24) is 10.9 Å². The Labute approximate surface area is 169 Å². The van der Waals surface area contributed by atoms with E-state index in [0.717, 1.165) is 19.3 Å². The Hall–Kier alpha value is -2.19. The van der Waals surface area contributed by atoms with Crippen molar-refractivity contribution in [2.45, 2.75) is 50.2 Å². The number of thiophene rings is 1. The van der Waals surface area contributed by atoms with Crippen LogP contribution in [0.15, 0.2) is 35.2 Å². The van der Waals surface area contributed by atoms with E-state index in [1.54, 1.807) is 13.8 Å². The Morgan fingerprint density at radius 1 is 1.11 bits per heavy atom. The topological polar surface area (TPSA) is 92.3 Å². The third-order valence-corrected chi connectivity index (χ3v) is 8.31. The third-order valence-electron chi connectivity index (χ3n) is 4.91. The van der Waals surface area contributed by atoms with Gasteiger partial charge in [-0.05, 0) is 74.9 Å². The molecular weight excluding hydrogens is 396 g/mol. The van der Waals surface area contributed by atoms with Crippen LogP contribution in [-0.4, -0.2) is 25.5 Å². The Morgan fingerprint density at radius 3 is 2.39 bits per heavy atom. The molecule has 0 saturated heterocycles. The Morgan fingerprint density at radius 2 is 1.75 bits per heavy atom. The fraction of sp³-hybridized carbons (Fsp3) is 0.400. The fourth-order valence-corrected chi connectivity index (χ4v) is 5.30. The van der Waals surface area contributed by atoms with Crippen molar-refractivity contribution in [3.05, 3.63) is 51.2 Å². The zero-order valence-electron chi connectivity index (χ0n) is 16.1. The van der Waals surface area contributed by atoms with E-state index in [4.69, 9.17) is 0 Å². The molecule has 0 fully saturated rings. The van der Waals surface area contributed by atoms with Crippen molar-refractivity contribution < 1.29 is 18.0 Å². The van der Waals surface area contributed by atoms with Crippen molar-refractivity contribution in [3.8, 4) is 0 Å². The number of amides is 2. The number of carbonyl (C=O) groups is 2. The zero-order valence-corrected chi connectivity index (χ0v) is 17.7. The lowest BCUT2D eigenvalue weighted by molar-refractivity contribution is 0.0849. The monoisotopic (exact) mass is 420 g/mol. The molecule has 8 heteroatoms. The lowest BCUT2D eigenvalue weighted by Crippen LogP contribution is -2.41. The van der Waals surface area contributed by atoms with Crippen LogP contribution >= 0.6 is 11.3 Å². The molecule has 1 aromatic heterocycles. The van der Waals surface area contributed by atoms with Crippen LogP contribution in [0.25, 0.3) is 0 Å². The molecule has 0 aliphatic heterocycles. The molecule has 0 radical (unpaired) electrons. The first-order chi connectivity index (χ1) is 13.2. The summed E-state index contributed by atoms with van der Waals surface area (Å²) in [5.41, 5.74) is 6.31. The summed E-state index contributed by atoms with van der Waals surface area (Å²) in [4.78, 5) is 26.6. The number of rotatable bonds is 4. The Balaban J connectivity index is 1.62. The summed E-state index contributed by atoms with van der Waals surface area (Å²) >= 11 is 1.47. The van der Waals surface area contributed by atoms with Gasteiger partial charge >= 0.3 is 0 Å². The minimum Gasteiger partial charge on any atom is -0.267 e. The highest BCUT2D eigenvalue weighted by Gasteiger charge is 2.22. The summed E-state index contributed by atoms with van der Waals surface area (Å²) in [5, 5.41) is -0.536. The minimum atomic E-state index is -3.39. The number of carbonyl (C=O) groups excluding carboxylic acids is 2. The number of nitrogens with one attached hydrogen (secondary N) is 2. The van der Waals surface area contributed by atoms with Gasteiger partial charge in [0, 0.05) is 10.4 Å². The van der Waals surface area contributed by atoms with Crippen LogP contribution in [0.4, 0.5) is 0 Å². The molecule has 0 spiro atoms. The number of fused-ring (bicyclic) bond motifs is 1.